The minimum atomic E-state index is -3.41. The first-order valence-corrected chi connectivity index (χ1v) is 10.5. The normalized spacial score (nSPS) is 15.6. The Balaban J connectivity index is 1.58. The van der Waals surface area contributed by atoms with Gasteiger partial charge in [-0.05, 0) is 61.8 Å². The number of sulfone groups is 1. The number of anilines is 1. The van der Waals surface area contributed by atoms with E-state index in [1.807, 2.05) is 24.3 Å². The summed E-state index contributed by atoms with van der Waals surface area (Å²) >= 11 is 0. The van der Waals surface area contributed by atoms with Crippen LogP contribution in [0.25, 0.3) is 0 Å². The molecule has 3 rings (SSSR count). The van der Waals surface area contributed by atoms with Gasteiger partial charge >= 0.3 is 0 Å². The Bertz CT molecular complexity index is 848. The molecule has 1 aliphatic heterocycles. The molecule has 5 nitrogen and oxygen atoms in total. The largest absolute Gasteiger partial charge is 0.490 e. The van der Waals surface area contributed by atoms with Crippen LogP contribution in [-0.4, -0.2) is 33.9 Å². The van der Waals surface area contributed by atoms with Crippen molar-refractivity contribution in [3.05, 3.63) is 53.8 Å². The Morgan fingerprint density at radius 3 is 2.46 bits per heavy atom. The number of hydrogen-bond acceptors (Lipinski definition) is 5. The summed E-state index contributed by atoms with van der Waals surface area (Å²) in [6.07, 6.45) is 3.32. The monoisotopic (exact) mass is 378 g/mol. The zero-order valence-corrected chi connectivity index (χ0v) is 15.5. The third-order valence-corrected chi connectivity index (χ3v) is 5.47. The van der Waals surface area contributed by atoms with Crippen molar-refractivity contribution in [2.45, 2.75) is 30.4 Å². The predicted molar refractivity (Wildman–Crippen MR) is 99.8 cm³/mol. The number of hydrogen-bond donors (Lipinski definition) is 2. The number of piperidine rings is 1. The van der Waals surface area contributed by atoms with Gasteiger partial charge in [0.05, 0.1) is 10.6 Å². The van der Waals surface area contributed by atoms with E-state index in [1.165, 1.54) is 12.1 Å². The first-order chi connectivity index (χ1) is 12.4. The van der Waals surface area contributed by atoms with Gasteiger partial charge in [0.25, 0.3) is 0 Å². The first-order valence-electron chi connectivity index (χ1n) is 8.61. The van der Waals surface area contributed by atoms with E-state index in [0.29, 0.717) is 6.54 Å². The lowest BCUT2D eigenvalue weighted by Crippen LogP contribution is -2.34. The first kappa shape index (κ1) is 18.7. The van der Waals surface area contributed by atoms with Gasteiger partial charge < -0.3 is 15.4 Å². The molecule has 0 saturated carbocycles. The molecule has 1 aliphatic rings. The van der Waals surface area contributed by atoms with Gasteiger partial charge in [0.1, 0.15) is 17.7 Å². The molecule has 1 heterocycles. The number of rotatable bonds is 6. The van der Waals surface area contributed by atoms with E-state index < -0.39 is 15.7 Å². The van der Waals surface area contributed by atoms with Crippen molar-refractivity contribution < 1.29 is 17.5 Å². The summed E-state index contributed by atoms with van der Waals surface area (Å²) in [6, 6.07) is 11.6. The molecular formula is C19H23FN2O3S. The summed E-state index contributed by atoms with van der Waals surface area (Å²) in [4.78, 5) is -0.0278. The number of benzene rings is 2. The third kappa shape index (κ3) is 4.95. The maximum absolute atomic E-state index is 14.1. The average Bonchev–Trinajstić information content (AvgIpc) is 2.62. The van der Waals surface area contributed by atoms with Crippen LogP contribution >= 0.6 is 0 Å². The van der Waals surface area contributed by atoms with Crippen molar-refractivity contribution in [3.63, 3.8) is 0 Å². The third-order valence-electron chi connectivity index (χ3n) is 4.36. The van der Waals surface area contributed by atoms with Gasteiger partial charge in [-0.1, -0.05) is 12.1 Å². The molecule has 0 unspecified atom stereocenters. The minimum absolute atomic E-state index is 0.0278. The Labute approximate surface area is 153 Å². The van der Waals surface area contributed by atoms with Gasteiger partial charge in [0.2, 0.25) is 0 Å². The van der Waals surface area contributed by atoms with Crippen molar-refractivity contribution in [1.29, 1.82) is 0 Å². The van der Waals surface area contributed by atoms with Crippen LogP contribution in [0.1, 0.15) is 18.4 Å². The number of nitrogens with one attached hydrogen (secondary N) is 2. The molecule has 0 aliphatic carbocycles. The molecule has 0 amide bonds. The molecule has 2 aromatic rings. The molecule has 0 aromatic heterocycles. The fourth-order valence-electron chi connectivity index (χ4n) is 2.86. The van der Waals surface area contributed by atoms with Crippen molar-refractivity contribution in [1.82, 2.24) is 5.32 Å². The summed E-state index contributed by atoms with van der Waals surface area (Å²) in [7, 11) is -3.41. The molecule has 26 heavy (non-hydrogen) atoms. The molecular weight excluding hydrogens is 355 g/mol. The molecule has 1 saturated heterocycles. The zero-order valence-electron chi connectivity index (χ0n) is 14.7. The highest BCUT2D eigenvalue weighted by molar-refractivity contribution is 7.90. The van der Waals surface area contributed by atoms with Crippen LogP contribution in [0.4, 0.5) is 10.1 Å². The Kier molecular flexibility index (Phi) is 5.78. The van der Waals surface area contributed by atoms with Gasteiger partial charge in [0, 0.05) is 12.8 Å². The van der Waals surface area contributed by atoms with Gasteiger partial charge in [-0.2, -0.15) is 0 Å². The van der Waals surface area contributed by atoms with E-state index in [-0.39, 0.29) is 16.7 Å². The second-order valence-electron chi connectivity index (χ2n) is 6.48. The molecule has 1 fully saturated rings. The van der Waals surface area contributed by atoms with Crippen LogP contribution in [0, 0.1) is 5.82 Å². The van der Waals surface area contributed by atoms with Gasteiger partial charge in [-0.15, -0.1) is 0 Å². The number of ether oxygens (including phenoxy) is 1. The standard InChI is InChI=1S/C19H23FN2O3S/c1-26(23,24)17-6-7-19(18(20)12-17)22-13-14-2-4-15(5-3-14)25-16-8-10-21-11-9-16/h2-7,12,16,21-22H,8-11,13H2,1H3. The molecule has 2 N–H and O–H groups in total. The van der Waals surface area contributed by atoms with Crippen LogP contribution in [0.15, 0.2) is 47.4 Å². The van der Waals surface area contributed by atoms with Crippen LogP contribution in [-0.2, 0) is 16.4 Å². The van der Waals surface area contributed by atoms with E-state index >= 15 is 0 Å². The molecule has 0 radical (unpaired) electrons. The minimum Gasteiger partial charge on any atom is -0.490 e. The summed E-state index contributed by atoms with van der Waals surface area (Å²) < 4.78 is 42.9. The Morgan fingerprint density at radius 1 is 1.15 bits per heavy atom. The lowest BCUT2D eigenvalue weighted by Gasteiger charge is -2.23. The van der Waals surface area contributed by atoms with Crippen molar-refractivity contribution >= 4 is 15.5 Å². The highest BCUT2D eigenvalue weighted by atomic mass is 32.2. The van der Waals surface area contributed by atoms with Gasteiger partial charge in [0.15, 0.2) is 9.84 Å². The topological polar surface area (TPSA) is 67.4 Å². The average molecular weight is 378 g/mol. The molecule has 0 atom stereocenters. The second-order valence-corrected chi connectivity index (χ2v) is 8.49. The van der Waals surface area contributed by atoms with Crippen molar-refractivity contribution in [2.24, 2.45) is 0 Å². The van der Waals surface area contributed by atoms with Crippen LogP contribution in [0.3, 0.4) is 0 Å². The maximum atomic E-state index is 14.1. The van der Waals surface area contributed by atoms with Crippen molar-refractivity contribution in [3.8, 4) is 5.75 Å². The maximum Gasteiger partial charge on any atom is 0.175 e. The summed E-state index contributed by atoms with van der Waals surface area (Å²) in [5.41, 5.74) is 1.25. The Hall–Kier alpha value is -2.12. The molecule has 140 valence electrons. The van der Waals surface area contributed by atoms with Crippen LogP contribution in [0.5, 0.6) is 5.75 Å². The molecule has 2 aromatic carbocycles. The highest BCUT2D eigenvalue weighted by Gasteiger charge is 2.14. The molecule has 0 spiro atoms. The van der Waals surface area contributed by atoms with Crippen LogP contribution in [0.2, 0.25) is 0 Å². The Morgan fingerprint density at radius 2 is 1.85 bits per heavy atom. The smallest absolute Gasteiger partial charge is 0.175 e. The predicted octanol–water partition coefficient (Wildman–Crippen LogP) is 2.97. The fraction of sp³-hybridized carbons (Fsp3) is 0.368. The lowest BCUT2D eigenvalue weighted by molar-refractivity contribution is 0.162. The zero-order chi connectivity index (χ0) is 18.6. The van der Waals surface area contributed by atoms with Gasteiger partial charge in [-0.3, -0.25) is 0 Å². The van der Waals surface area contributed by atoms with Gasteiger partial charge in [-0.25, -0.2) is 12.8 Å². The van der Waals surface area contributed by atoms with E-state index in [2.05, 4.69) is 10.6 Å². The summed E-state index contributed by atoms with van der Waals surface area (Å²) in [5, 5.41) is 6.30. The summed E-state index contributed by atoms with van der Waals surface area (Å²) in [5.74, 6) is 0.253. The van der Waals surface area contributed by atoms with Crippen LogP contribution < -0.4 is 15.4 Å². The van der Waals surface area contributed by atoms with Crippen molar-refractivity contribution in [2.75, 3.05) is 24.7 Å². The van der Waals surface area contributed by atoms with E-state index in [4.69, 9.17) is 4.74 Å². The van der Waals surface area contributed by atoms with E-state index in [1.54, 1.807) is 0 Å². The van der Waals surface area contributed by atoms with E-state index in [0.717, 1.165) is 49.6 Å². The van der Waals surface area contributed by atoms with E-state index in [9.17, 15) is 12.8 Å². The fourth-order valence-corrected chi connectivity index (χ4v) is 3.49. The highest BCUT2D eigenvalue weighted by Crippen LogP contribution is 2.21. The molecule has 7 heteroatoms. The quantitative estimate of drug-likeness (QED) is 0.809. The second kappa shape index (κ2) is 8.05. The number of halogens is 1. The lowest BCUT2D eigenvalue weighted by atomic mass is 10.1. The summed E-state index contributed by atoms with van der Waals surface area (Å²) in [6.45, 7) is 2.40. The molecule has 0 bridgehead atoms. The SMILES string of the molecule is CS(=O)(=O)c1ccc(NCc2ccc(OC3CCNCC3)cc2)c(F)c1.